The Morgan fingerprint density at radius 3 is 2.54 bits per heavy atom. The number of esters is 1. The van der Waals surface area contributed by atoms with E-state index in [-0.39, 0.29) is 12.5 Å². The van der Waals surface area contributed by atoms with E-state index in [2.05, 4.69) is 5.32 Å². The lowest BCUT2D eigenvalue weighted by Crippen LogP contribution is -2.56. The minimum Gasteiger partial charge on any atom is -0.467 e. The SMILES string of the molecule is CCOC(=O)[C@H]1[C@]2(C)NC(=O)[C@]1(Cc1ccccc1)c1cc(C)c(C)cc1O2. The highest BCUT2D eigenvalue weighted by Crippen LogP contribution is 2.55. The maximum atomic E-state index is 13.5. The normalized spacial score (nSPS) is 27.6. The van der Waals surface area contributed by atoms with Crippen molar-refractivity contribution in [2.24, 2.45) is 5.92 Å². The van der Waals surface area contributed by atoms with Crippen LogP contribution in [0.15, 0.2) is 42.5 Å². The van der Waals surface area contributed by atoms with Gasteiger partial charge in [-0.15, -0.1) is 0 Å². The molecule has 5 nitrogen and oxygen atoms in total. The van der Waals surface area contributed by atoms with Gasteiger partial charge < -0.3 is 14.8 Å². The number of rotatable bonds is 4. The number of hydrogen-bond donors (Lipinski definition) is 1. The average molecular weight is 379 g/mol. The van der Waals surface area contributed by atoms with Crippen molar-refractivity contribution >= 4 is 11.9 Å². The summed E-state index contributed by atoms with van der Waals surface area (Å²) in [4.78, 5) is 26.5. The number of fused-ring (bicyclic) bond motifs is 4. The van der Waals surface area contributed by atoms with Crippen LogP contribution in [0.2, 0.25) is 0 Å². The molecule has 2 aromatic carbocycles. The fraction of sp³-hybridized carbons (Fsp3) is 0.391. The molecule has 0 spiro atoms. The van der Waals surface area contributed by atoms with Gasteiger partial charge in [-0.3, -0.25) is 9.59 Å². The fourth-order valence-corrected chi connectivity index (χ4v) is 4.67. The van der Waals surface area contributed by atoms with Crippen LogP contribution in [0.25, 0.3) is 0 Å². The molecular formula is C23H25NO4. The van der Waals surface area contributed by atoms with Crippen molar-refractivity contribution in [2.45, 2.75) is 45.3 Å². The van der Waals surface area contributed by atoms with Crippen LogP contribution in [-0.2, 0) is 26.2 Å². The molecule has 2 aliphatic heterocycles. The summed E-state index contributed by atoms with van der Waals surface area (Å²) in [6.07, 6.45) is 0.400. The fourth-order valence-electron chi connectivity index (χ4n) is 4.67. The number of nitrogens with one attached hydrogen (secondary N) is 1. The van der Waals surface area contributed by atoms with Gasteiger partial charge in [0.05, 0.1) is 6.61 Å². The number of carbonyl (C=O) groups is 2. The molecule has 0 aliphatic carbocycles. The molecule has 0 saturated carbocycles. The monoisotopic (exact) mass is 379 g/mol. The van der Waals surface area contributed by atoms with Crippen molar-refractivity contribution in [3.63, 3.8) is 0 Å². The Bertz CT molecular complexity index is 955. The summed E-state index contributed by atoms with van der Waals surface area (Å²) in [5.74, 6) is -0.732. The summed E-state index contributed by atoms with van der Waals surface area (Å²) in [6, 6.07) is 13.7. The molecule has 4 rings (SSSR count). The Morgan fingerprint density at radius 1 is 1.18 bits per heavy atom. The summed E-state index contributed by atoms with van der Waals surface area (Å²) in [5.41, 5.74) is 1.66. The molecule has 28 heavy (non-hydrogen) atoms. The van der Waals surface area contributed by atoms with Crippen LogP contribution in [-0.4, -0.2) is 24.2 Å². The predicted molar refractivity (Wildman–Crippen MR) is 105 cm³/mol. The third-order valence-electron chi connectivity index (χ3n) is 6.06. The van der Waals surface area contributed by atoms with Crippen molar-refractivity contribution in [2.75, 3.05) is 6.61 Å². The smallest absolute Gasteiger partial charge is 0.316 e. The lowest BCUT2D eigenvalue weighted by molar-refractivity contribution is -0.160. The summed E-state index contributed by atoms with van der Waals surface area (Å²) in [7, 11) is 0. The first-order valence-electron chi connectivity index (χ1n) is 9.65. The van der Waals surface area contributed by atoms with E-state index in [1.807, 2.05) is 56.3 Å². The van der Waals surface area contributed by atoms with Gasteiger partial charge in [0.15, 0.2) is 5.72 Å². The van der Waals surface area contributed by atoms with Crippen molar-refractivity contribution in [1.82, 2.24) is 5.32 Å². The van der Waals surface area contributed by atoms with Crippen LogP contribution in [0, 0.1) is 19.8 Å². The second kappa shape index (κ2) is 6.36. The molecule has 146 valence electrons. The zero-order valence-corrected chi connectivity index (χ0v) is 16.7. The highest BCUT2D eigenvalue weighted by Gasteiger charge is 2.70. The number of aryl methyl sites for hydroxylation is 2. The van der Waals surface area contributed by atoms with Crippen LogP contribution in [0.4, 0.5) is 0 Å². The Kier molecular flexibility index (Phi) is 4.21. The molecule has 0 radical (unpaired) electrons. The third kappa shape index (κ3) is 2.53. The van der Waals surface area contributed by atoms with Crippen LogP contribution in [0.5, 0.6) is 5.75 Å². The van der Waals surface area contributed by atoms with Crippen molar-refractivity contribution in [1.29, 1.82) is 0 Å². The Hall–Kier alpha value is -2.82. The van der Waals surface area contributed by atoms with Gasteiger partial charge in [0.1, 0.15) is 17.1 Å². The topological polar surface area (TPSA) is 64.6 Å². The number of hydrogen-bond acceptors (Lipinski definition) is 4. The van der Waals surface area contributed by atoms with Gasteiger partial charge in [0.2, 0.25) is 5.91 Å². The Labute approximate surface area is 165 Å². The lowest BCUT2D eigenvalue weighted by Gasteiger charge is -2.43. The van der Waals surface area contributed by atoms with E-state index in [1.165, 1.54) is 0 Å². The molecular weight excluding hydrogens is 354 g/mol. The van der Waals surface area contributed by atoms with Gasteiger partial charge in [-0.2, -0.15) is 0 Å². The molecule has 1 amide bonds. The summed E-state index contributed by atoms with van der Waals surface area (Å²) in [6.45, 7) is 7.80. The Balaban J connectivity index is 1.98. The van der Waals surface area contributed by atoms with Gasteiger partial charge in [-0.1, -0.05) is 36.4 Å². The van der Waals surface area contributed by atoms with Gasteiger partial charge in [-0.25, -0.2) is 0 Å². The summed E-state index contributed by atoms with van der Waals surface area (Å²) >= 11 is 0. The maximum absolute atomic E-state index is 13.5. The summed E-state index contributed by atoms with van der Waals surface area (Å²) in [5, 5.41) is 2.97. The van der Waals surface area contributed by atoms with Crippen LogP contribution in [0.1, 0.15) is 36.1 Å². The zero-order valence-electron chi connectivity index (χ0n) is 16.7. The average Bonchev–Trinajstić information content (AvgIpc) is 2.80. The molecule has 0 aromatic heterocycles. The van der Waals surface area contributed by atoms with E-state index in [4.69, 9.17) is 9.47 Å². The lowest BCUT2D eigenvalue weighted by atomic mass is 9.64. The largest absolute Gasteiger partial charge is 0.467 e. The minimum absolute atomic E-state index is 0.195. The number of ether oxygens (including phenoxy) is 2. The molecule has 3 atom stereocenters. The predicted octanol–water partition coefficient (Wildman–Crippen LogP) is 3.20. The second-order valence-electron chi connectivity index (χ2n) is 7.91. The number of benzene rings is 2. The van der Waals surface area contributed by atoms with Crippen LogP contribution >= 0.6 is 0 Å². The number of amides is 1. The molecule has 2 heterocycles. The first kappa shape index (κ1) is 18.5. The first-order valence-corrected chi connectivity index (χ1v) is 9.65. The molecule has 2 aromatic rings. The highest BCUT2D eigenvalue weighted by molar-refractivity contribution is 6.00. The molecule has 1 saturated heterocycles. The molecule has 2 bridgehead atoms. The molecule has 1 N–H and O–H groups in total. The first-order chi connectivity index (χ1) is 13.3. The van der Waals surface area contributed by atoms with E-state index in [1.54, 1.807) is 13.8 Å². The molecule has 2 aliphatic rings. The van der Waals surface area contributed by atoms with E-state index in [0.717, 1.165) is 22.3 Å². The van der Waals surface area contributed by atoms with Gasteiger partial charge >= 0.3 is 5.97 Å². The third-order valence-corrected chi connectivity index (χ3v) is 6.06. The quantitative estimate of drug-likeness (QED) is 0.829. The van der Waals surface area contributed by atoms with E-state index in [9.17, 15) is 9.59 Å². The second-order valence-corrected chi connectivity index (χ2v) is 7.91. The van der Waals surface area contributed by atoms with Gasteiger partial charge in [-0.05, 0) is 56.9 Å². The Morgan fingerprint density at radius 2 is 1.86 bits per heavy atom. The molecule has 0 unspecified atom stereocenters. The molecule has 1 fully saturated rings. The highest BCUT2D eigenvalue weighted by atomic mass is 16.5. The van der Waals surface area contributed by atoms with E-state index < -0.39 is 23.0 Å². The van der Waals surface area contributed by atoms with Gasteiger partial charge in [0, 0.05) is 5.56 Å². The van der Waals surface area contributed by atoms with E-state index >= 15 is 0 Å². The van der Waals surface area contributed by atoms with Gasteiger partial charge in [0.25, 0.3) is 0 Å². The molecule has 5 heteroatoms. The van der Waals surface area contributed by atoms with Crippen LogP contribution in [0.3, 0.4) is 0 Å². The zero-order chi connectivity index (χ0) is 20.1. The standard InChI is InChI=1S/C23H25NO4/c1-5-27-20(25)19-22(4)24-21(26)23(19,13-16-9-7-6-8-10-16)17-11-14(2)15(3)12-18(17)28-22/h6-12,19H,5,13H2,1-4H3,(H,24,26)/t19-,22+,23+/m0/s1. The van der Waals surface area contributed by atoms with Crippen LogP contribution < -0.4 is 10.1 Å². The van der Waals surface area contributed by atoms with Crippen molar-refractivity contribution < 1.29 is 19.1 Å². The minimum atomic E-state index is -1.15. The van der Waals surface area contributed by atoms with E-state index in [0.29, 0.717) is 12.2 Å². The summed E-state index contributed by atoms with van der Waals surface area (Å²) < 4.78 is 11.6. The number of carbonyl (C=O) groups excluding carboxylic acids is 2. The van der Waals surface area contributed by atoms with Crippen molar-refractivity contribution in [3.05, 3.63) is 64.7 Å². The van der Waals surface area contributed by atoms with Crippen molar-refractivity contribution in [3.8, 4) is 5.75 Å². The maximum Gasteiger partial charge on any atom is 0.316 e.